The lowest BCUT2D eigenvalue weighted by Gasteiger charge is -1.96. The second-order valence-electron chi connectivity index (χ2n) is 4.78. The fourth-order valence-corrected chi connectivity index (χ4v) is 2.42. The van der Waals surface area contributed by atoms with Gasteiger partial charge in [-0.1, -0.05) is 35.9 Å². The summed E-state index contributed by atoms with van der Waals surface area (Å²) in [6.45, 7) is 2.00. The molecule has 0 unspecified atom stereocenters. The van der Waals surface area contributed by atoms with Crippen LogP contribution in [0.3, 0.4) is 0 Å². The predicted octanol–water partition coefficient (Wildman–Crippen LogP) is 4.59. The summed E-state index contributed by atoms with van der Waals surface area (Å²) in [5.74, 6) is 0.571. The zero-order chi connectivity index (χ0) is 14.8. The van der Waals surface area contributed by atoms with Gasteiger partial charge in [-0.25, -0.2) is 4.98 Å². The number of rotatable bonds is 2. The van der Waals surface area contributed by atoms with Crippen LogP contribution in [0.2, 0.25) is 5.02 Å². The van der Waals surface area contributed by atoms with Gasteiger partial charge in [0.05, 0.1) is 16.6 Å². The first kappa shape index (κ1) is 13.4. The number of hydrogen-bond acceptors (Lipinski definition) is 2. The SMILES string of the molecule is Cc1cccc2[nH]c(/C(C#N)=C\c3cccc(Cl)c3)nc12. The summed E-state index contributed by atoms with van der Waals surface area (Å²) < 4.78 is 0. The molecule has 0 spiro atoms. The van der Waals surface area contributed by atoms with Gasteiger partial charge in [0, 0.05) is 5.02 Å². The molecule has 1 N–H and O–H groups in total. The van der Waals surface area contributed by atoms with Crippen LogP contribution < -0.4 is 0 Å². The van der Waals surface area contributed by atoms with Crippen molar-refractivity contribution in [2.75, 3.05) is 0 Å². The highest BCUT2D eigenvalue weighted by molar-refractivity contribution is 6.30. The Morgan fingerprint density at radius 1 is 1.29 bits per heavy atom. The number of H-pyrrole nitrogens is 1. The van der Waals surface area contributed by atoms with Crippen LogP contribution in [-0.4, -0.2) is 9.97 Å². The number of hydrogen-bond donors (Lipinski definition) is 1. The maximum absolute atomic E-state index is 9.39. The molecular formula is C17H12ClN3. The lowest BCUT2D eigenvalue weighted by atomic mass is 10.1. The number of aromatic amines is 1. The van der Waals surface area contributed by atoms with Crippen molar-refractivity contribution in [2.45, 2.75) is 6.92 Å². The van der Waals surface area contributed by atoms with Crippen molar-refractivity contribution in [2.24, 2.45) is 0 Å². The van der Waals surface area contributed by atoms with E-state index in [9.17, 15) is 5.26 Å². The van der Waals surface area contributed by atoms with Crippen molar-refractivity contribution in [3.05, 3.63) is 64.4 Å². The van der Waals surface area contributed by atoms with Gasteiger partial charge in [0.1, 0.15) is 11.9 Å². The Morgan fingerprint density at radius 3 is 2.81 bits per heavy atom. The number of imidazole rings is 1. The first-order valence-electron chi connectivity index (χ1n) is 6.50. The van der Waals surface area contributed by atoms with E-state index < -0.39 is 0 Å². The van der Waals surface area contributed by atoms with Crippen LogP contribution in [-0.2, 0) is 0 Å². The molecule has 3 aromatic rings. The van der Waals surface area contributed by atoms with Crippen LogP contribution in [0.15, 0.2) is 42.5 Å². The van der Waals surface area contributed by atoms with E-state index in [1.165, 1.54) is 0 Å². The zero-order valence-corrected chi connectivity index (χ0v) is 12.1. The van der Waals surface area contributed by atoms with Crippen molar-refractivity contribution in [3.8, 4) is 6.07 Å². The van der Waals surface area contributed by atoms with Gasteiger partial charge in [-0.2, -0.15) is 5.26 Å². The van der Waals surface area contributed by atoms with Gasteiger partial charge in [0.15, 0.2) is 0 Å². The average molecular weight is 294 g/mol. The highest BCUT2D eigenvalue weighted by atomic mass is 35.5. The summed E-state index contributed by atoms with van der Waals surface area (Å²) >= 11 is 5.97. The third-order valence-electron chi connectivity index (χ3n) is 3.25. The van der Waals surface area contributed by atoms with Gasteiger partial charge >= 0.3 is 0 Å². The summed E-state index contributed by atoms with van der Waals surface area (Å²) in [6.07, 6.45) is 1.78. The standard InChI is InChI=1S/C17H12ClN3/c1-11-4-2-7-15-16(11)21-17(20-15)13(10-19)8-12-5-3-6-14(18)9-12/h2-9H,1H3,(H,20,21)/b13-8-. The lowest BCUT2D eigenvalue weighted by molar-refractivity contribution is 1.27. The molecule has 1 aromatic heterocycles. The number of fused-ring (bicyclic) bond motifs is 1. The second kappa shape index (κ2) is 5.43. The van der Waals surface area contributed by atoms with E-state index in [0.29, 0.717) is 16.4 Å². The molecule has 0 radical (unpaired) electrons. The maximum atomic E-state index is 9.39. The molecule has 21 heavy (non-hydrogen) atoms. The predicted molar refractivity (Wildman–Crippen MR) is 85.8 cm³/mol. The molecule has 4 heteroatoms. The molecule has 0 atom stereocenters. The minimum atomic E-state index is 0.480. The molecule has 2 aromatic carbocycles. The Bertz CT molecular complexity index is 884. The largest absolute Gasteiger partial charge is 0.337 e. The van der Waals surface area contributed by atoms with E-state index in [1.807, 2.05) is 43.3 Å². The molecule has 3 rings (SSSR count). The molecular weight excluding hydrogens is 282 g/mol. The number of nitrogens with zero attached hydrogens (tertiary/aromatic N) is 2. The molecule has 0 fully saturated rings. The molecule has 0 aliphatic heterocycles. The van der Waals surface area contributed by atoms with Gasteiger partial charge in [-0.3, -0.25) is 0 Å². The van der Waals surface area contributed by atoms with Crippen LogP contribution in [0.1, 0.15) is 17.0 Å². The summed E-state index contributed by atoms with van der Waals surface area (Å²) in [6, 6.07) is 15.5. The Balaban J connectivity index is 2.10. The minimum absolute atomic E-state index is 0.480. The number of aromatic nitrogens is 2. The quantitative estimate of drug-likeness (QED) is 0.703. The van der Waals surface area contributed by atoms with Crippen molar-refractivity contribution < 1.29 is 0 Å². The van der Waals surface area contributed by atoms with Crippen molar-refractivity contribution >= 4 is 34.3 Å². The Morgan fingerprint density at radius 2 is 2.10 bits per heavy atom. The average Bonchev–Trinajstić information content (AvgIpc) is 2.90. The van der Waals surface area contributed by atoms with E-state index in [2.05, 4.69) is 16.0 Å². The first-order chi connectivity index (χ1) is 10.2. The number of nitrogens with one attached hydrogen (secondary N) is 1. The van der Waals surface area contributed by atoms with E-state index in [-0.39, 0.29) is 0 Å². The molecule has 0 saturated carbocycles. The van der Waals surface area contributed by atoms with Gasteiger partial charge in [0.25, 0.3) is 0 Å². The number of benzene rings is 2. The Hall–Kier alpha value is -2.57. The smallest absolute Gasteiger partial charge is 0.149 e. The first-order valence-corrected chi connectivity index (χ1v) is 6.88. The number of halogens is 1. The second-order valence-corrected chi connectivity index (χ2v) is 5.22. The fourth-order valence-electron chi connectivity index (χ4n) is 2.22. The Labute approximate surface area is 127 Å². The molecule has 0 saturated heterocycles. The molecule has 0 amide bonds. The zero-order valence-electron chi connectivity index (χ0n) is 11.4. The van der Waals surface area contributed by atoms with Crippen LogP contribution in [0.4, 0.5) is 0 Å². The van der Waals surface area contributed by atoms with Gasteiger partial charge in [-0.05, 0) is 42.3 Å². The lowest BCUT2D eigenvalue weighted by Crippen LogP contribution is -1.85. The summed E-state index contributed by atoms with van der Waals surface area (Å²) in [4.78, 5) is 7.71. The van der Waals surface area contributed by atoms with E-state index >= 15 is 0 Å². The summed E-state index contributed by atoms with van der Waals surface area (Å²) in [5, 5.41) is 10.0. The normalized spacial score (nSPS) is 11.6. The third-order valence-corrected chi connectivity index (χ3v) is 3.48. The van der Waals surface area contributed by atoms with Gasteiger partial charge in [-0.15, -0.1) is 0 Å². The minimum Gasteiger partial charge on any atom is -0.337 e. The van der Waals surface area contributed by atoms with Crippen molar-refractivity contribution in [3.63, 3.8) is 0 Å². The highest BCUT2D eigenvalue weighted by Gasteiger charge is 2.09. The summed E-state index contributed by atoms with van der Waals surface area (Å²) in [7, 11) is 0. The van der Waals surface area contributed by atoms with E-state index in [0.717, 1.165) is 22.2 Å². The molecule has 0 aliphatic carbocycles. The molecule has 102 valence electrons. The summed E-state index contributed by atoms with van der Waals surface area (Å²) in [5.41, 5.74) is 4.25. The monoisotopic (exact) mass is 293 g/mol. The topological polar surface area (TPSA) is 52.5 Å². The number of aryl methyl sites for hydroxylation is 1. The van der Waals surface area contributed by atoms with Crippen molar-refractivity contribution in [1.29, 1.82) is 5.26 Å². The number of nitriles is 1. The molecule has 1 heterocycles. The third kappa shape index (κ3) is 2.67. The van der Waals surface area contributed by atoms with Gasteiger partial charge < -0.3 is 4.98 Å². The van der Waals surface area contributed by atoms with Crippen LogP contribution in [0.25, 0.3) is 22.7 Å². The Kier molecular flexibility index (Phi) is 3.47. The van der Waals surface area contributed by atoms with Crippen LogP contribution in [0.5, 0.6) is 0 Å². The van der Waals surface area contributed by atoms with Crippen LogP contribution >= 0.6 is 11.6 Å². The van der Waals surface area contributed by atoms with Crippen molar-refractivity contribution in [1.82, 2.24) is 9.97 Å². The highest BCUT2D eigenvalue weighted by Crippen LogP contribution is 2.22. The fraction of sp³-hybridized carbons (Fsp3) is 0.0588. The molecule has 0 aliphatic rings. The van der Waals surface area contributed by atoms with Gasteiger partial charge in [0.2, 0.25) is 0 Å². The molecule has 3 nitrogen and oxygen atoms in total. The van der Waals surface area contributed by atoms with E-state index in [1.54, 1.807) is 12.1 Å². The molecule has 0 bridgehead atoms. The maximum Gasteiger partial charge on any atom is 0.149 e. The number of para-hydroxylation sites is 1. The number of allylic oxidation sites excluding steroid dienone is 1. The van der Waals surface area contributed by atoms with Crippen LogP contribution in [0, 0.1) is 18.3 Å². The van der Waals surface area contributed by atoms with E-state index in [4.69, 9.17) is 11.6 Å².